The van der Waals surface area contributed by atoms with E-state index < -0.39 is 0 Å². The molecule has 0 spiro atoms. The molecule has 0 aliphatic heterocycles. The number of carbonyl (C=O) groups is 1. The Morgan fingerprint density at radius 3 is 2.47 bits per heavy atom. The number of ether oxygens (including phenoxy) is 1. The number of rotatable bonds is 7. The molecule has 0 bridgehead atoms. The summed E-state index contributed by atoms with van der Waals surface area (Å²) in [5.41, 5.74) is 5.47. The number of amides is 1. The first-order valence-corrected chi connectivity index (χ1v) is 10.3. The first kappa shape index (κ1) is 21.1. The van der Waals surface area contributed by atoms with Crippen molar-refractivity contribution in [2.75, 3.05) is 12.4 Å². The van der Waals surface area contributed by atoms with E-state index in [1.165, 1.54) is 11.9 Å². The van der Waals surface area contributed by atoms with E-state index in [1.54, 1.807) is 19.2 Å². The number of nitrogens with zero attached hydrogens (tertiary/aromatic N) is 2. The molecule has 32 heavy (non-hydrogen) atoms. The van der Waals surface area contributed by atoms with Crippen LogP contribution in [0.1, 0.15) is 21.5 Å². The van der Waals surface area contributed by atoms with Gasteiger partial charge >= 0.3 is 0 Å². The molecule has 0 aliphatic carbocycles. The van der Waals surface area contributed by atoms with Gasteiger partial charge in [-0.15, -0.1) is 0 Å². The highest BCUT2D eigenvalue weighted by Crippen LogP contribution is 2.22. The van der Waals surface area contributed by atoms with E-state index in [9.17, 15) is 4.79 Å². The van der Waals surface area contributed by atoms with Crippen LogP contribution in [0.15, 0.2) is 85.2 Å². The molecule has 160 valence electrons. The fourth-order valence-electron chi connectivity index (χ4n) is 3.23. The Morgan fingerprint density at radius 2 is 1.72 bits per heavy atom. The molecule has 0 saturated heterocycles. The Bertz CT molecular complexity index is 1210. The van der Waals surface area contributed by atoms with Crippen molar-refractivity contribution in [1.82, 2.24) is 15.3 Å². The van der Waals surface area contributed by atoms with Gasteiger partial charge in [0.15, 0.2) is 0 Å². The number of methoxy groups -OCH3 is 1. The molecule has 4 aromatic rings. The van der Waals surface area contributed by atoms with Gasteiger partial charge in [-0.25, -0.2) is 9.97 Å². The van der Waals surface area contributed by atoms with Gasteiger partial charge in [-0.05, 0) is 48.9 Å². The quantitative estimate of drug-likeness (QED) is 0.430. The summed E-state index contributed by atoms with van der Waals surface area (Å²) in [5, 5.41) is 6.20. The maximum atomic E-state index is 12.5. The van der Waals surface area contributed by atoms with Crippen LogP contribution in [0.5, 0.6) is 5.75 Å². The van der Waals surface area contributed by atoms with Crippen LogP contribution in [0.3, 0.4) is 0 Å². The summed E-state index contributed by atoms with van der Waals surface area (Å²) >= 11 is 0. The molecule has 2 N–H and O–H groups in total. The zero-order valence-corrected chi connectivity index (χ0v) is 18.0. The van der Waals surface area contributed by atoms with Crippen molar-refractivity contribution in [2.45, 2.75) is 13.5 Å². The van der Waals surface area contributed by atoms with Gasteiger partial charge < -0.3 is 15.4 Å². The minimum atomic E-state index is -0.136. The average Bonchev–Trinajstić information content (AvgIpc) is 2.84. The third-order valence-corrected chi connectivity index (χ3v) is 5.02. The van der Waals surface area contributed by atoms with Crippen molar-refractivity contribution in [2.24, 2.45) is 0 Å². The van der Waals surface area contributed by atoms with E-state index >= 15 is 0 Å². The van der Waals surface area contributed by atoms with E-state index in [0.29, 0.717) is 17.9 Å². The van der Waals surface area contributed by atoms with Gasteiger partial charge in [0.2, 0.25) is 0 Å². The number of anilines is 2. The van der Waals surface area contributed by atoms with Gasteiger partial charge in [0.1, 0.15) is 17.9 Å². The fraction of sp³-hybridized carbons (Fsp3) is 0.115. The standard InChI is InChI=1S/C26H24N4O2/c1-18-6-8-20(9-7-18)24-15-25(29-17-28-24)30-22-12-10-21(11-13-22)26(31)27-16-19-4-3-5-23(14-19)32-2/h3-15,17H,16H2,1-2H3,(H,27,31)(H,28,29,30). The van der Waals surface area contributed by atoms with Crippen LogP contribution in [0.25, 0.3) is 11.3 Å². The van der Waals surface area contributed by atoms with Crippen molar-refractivity contribution >= 4 is 17.4 Å². The maximum Gasteiger partial charge on any atom is 0.251 e. The van der Waals surface area contributed by atoms with E-state index in [-0.39, 0.29) is 5.91 Å². The maximum absolute atomic E-state index is 12.5. The summed E-state index contributed by atoms with van der Waals surface area (Å²) < 4.78 is 5.22. The molecule has 0 fully saturated rings. The molecule has 1 aromatic heterocycles. The van der Waals surface area contributed by atoms with Crippen molar-refractivity contribution < 1.29 is 9.53 Å². The summed E-state index contributed by atoms with van der Waals surface area (Å²) in [7, 11) is 1.62. The topological polar surface area (TPSA) is 76.1 Å². The normalized spacial score (nSPS) is 10.4. The lowest BCUT2D eigenvalue weighted by molar-refractivity contribution is 0.0951. The molecule has 0 unspecified atom stereocenters. The molecular formula is C26H24N4O2. The van der Waals surface area contributed by atoms with Crippen molar-refractivity contribution in [3.8, 4) is 17.0 Å². The Labute approximate surface area is 187 Å². The summed E-state index contributed by atoms with van der Waals surface area (Å²) in [6.07, 6.45) is 1.54. The van der Waals surface area contributed by atoms with Crippen molar-refractivity contribution in [3.63, 3.8) is 0 Å². The van der Waals surface area contributed by atoms with Crippen LogP contribution in [0.4, 0.5) is 11.5 Å². The number of carbonyl (C=O) groups excluding carboxylic acids is 1. The molecule has 1 amide bonds. The second kappa shape index (κ2) is 9.75. The third-order valence-electron chi connectivity index (χ3n) is 5.02. The molecule has 0 atom stereocenters. The summed E-state index contributed by atoms with van der Waals surface area (Å²) in [5.74, 6) is 1.32. The molecule has 6 heteroatoms. The Hall–Kier alpha value is -4.19. The molecule has 0 radical (unpaired) electrons. The van der Waals surface area contributed by atoms with Crippen LogP contribution in [0.2, 0.25) is 0 Å². The predicted octanol–water partition coefficient (Wildman–Crippen LogP) is 5.13. The Morgan fingerprint density at radius 1 is 0.938 bits per heavy atom. The first-order valence-electron chi connectivity index (χ1n) is 10.3. The lowest BCUT2D eigenvalue weighted by Crippen LogP contribution is -2.22. The molecule has 0 saturated carbocycles. The van der Waals surface area contributed by atoms with E-state index in [0.717, 1.165) is 28.3 Å². The SMILES string of the molecule is COc1cccc(CNC(=O)c2ccc(Nc3cc(-c4ccc(C)cc4)ncn3)cc2)c1. The second-order valence-corrected chi connectivity index (χ2v) is 7.39. The zero-order valence-electron chi connectivity index (χ0n) is 18.0. The van der Waals surface area contributed by atoms with Gasteiger partial charge in [0.05, 0.1) is 12.8 Å². The van der Waals surface area contributed by atoms with Gasteiger partial charge in [0.25, 0.3) is 5.91 Å². The van der Waals surface area contributed by atoms with Gasteiger partial charge in [-0.3, -0.25) is 4.79 Å². The zero-order chi connectivity index (χ0) is 22.3. The van der Waals surface area contributed by atoms with Crippen LogP contribution in [-0.2, 0) is 6.54 Å². The van der Waals surface area contributed by atoms with Crippen LogP contribution < -0.4 is 15.4 Å². The average molecular weight is 425 g/mol. The fourth-order valence-corrected chi connectivity index (χ4v) is 3.23. The Kier molecular flexibility index (Phi) is 6.41. The largest absolute Gasteiger partial charge is 0.497 e. The molecule has 6 nitrogen and oxygen atoms in total. The number of hydrogen-bond donors (Lipinski definition) is 2. The van der Waals surface area contributed by atoms with E-state index in [4.69, 9.17) is 4.74 Å². The Balaban J connectivity index is 1.39. The third kappa shape index (κ3) is 5.29. The van der Waals surface area contributed by atoms with Gasteiger partial charge in [0, 0.05) is 29.4 Å². The monoisotopic (exact) mass is 424 g/mol. The van der Waals surface area contributed by atoms with Crippen LogP contribution >= 0.6 is 0 Å². The first-order chi connectivity index (χ1) is 15.6. The molecule has 0 aliphatic rings. The van der Waals surface area contributed by atoms with Crippen LogP contribution in [0, 0.1) is 6.92 Å². The highest BCUT2D eigenvalue weighted by Gasteiger charge is 2.07. The minimum absolute atomic E-state index is 0.136. The number of aryl methyl sites for hydroxylation is 1. The number of benzene rings is 3. The molecule has 3 aromatic carbocycles. The smallest absolute Gasteiger partial charge is 0.251 e. The highest BCUT2D eigenvalue weighted by molar-refractivity contribution is 5.94. The van der Waals surface area contributed by atoms with Crippen molar-refractivity contribution in [1.29, 1.82) is 0 Å². The second-order valence-electron chi connectivity index (χ2n) is 7.39. The number of aromatic nitrogens is 2. The summed E-state index contributed by atoms with van der Waals surface area (Å²) in [4.78, 5) is 21.1. The summed E-state index contributed by atoms with van der Waals surface area (Å²) in [6, 6.07) is 25.0. The lowest BCUT2D eigenvalue weighted by atomic mass is 10.1. The molecular weight excluding hydrogens is 400 g/mol. The number of hydrogen-bond acceptors (Lipinski definition) is 5. The number of nitrogens with one attached hydrogen (secondary N) is 2. The molecule has 1 heterocycles. The molecule has 4 rings (SSSR count). The predicted molar refractivity (Wildman–Crippen MR) is 126 cm³/mol. The van der Waals surface area contributed by atoms with E-state index in [1.807, 2.05) is 54.6 Å². The van der Waals surface area contributed by atoms with Crippen LogP contribution in [-0.4, -0.2) is 23.0 Å². The highest BCUT2D eigenvalue weighted by atomic mass is 16.5. The summed E-state index contributed by atoms with van der Waals surface area (Å²) in [6.45, 7) is 2.48. The van der Waals surface area contributed by atoms with Crippen molar-refractivity contribution in [3.05, 3.63) is 102 Å². The van der Waals surface area contributed by atoms with Gasteiger partial charge in [-0.1, -0.05) is 42.0 Å². The van der Waals surface area contributed by atoms with Gasteiger partial charge in [-0.2, -0.15) is 0 Å². The minimum Gasteiger partial charge on any atom is -0.497 e. The van der Waals surface area contributed by atoms with E-state index in [2.05, 4.69) is 39.7 Å². The lowest BCUT2D eigenvalue weighted by Gasteiger charge is -2.09.